The summed E-state index contributed by atoms with van der Waals surface area (Å²) in [6, 6.07) is 5.64. The molecule has 1 aliphatic carbocycles. The molecule has 1 aromatic rings. The van der Waals surface area contributed by atoms with Crippen LogP contribution in [0.5, 0.6) is 0 Å². The lowest BCUT2D eigenvalue weighted by Gasteiger charge is -2.33. The van der Waals surface area contributed by atoms with E-state index in [1.165, 1.54) is 5.56 Å². The predicted octanol–water partition coefficient (Wildman–Crippen LogP) is 4.51. The number of rotatable bonds is 3. The van der Waals surface area contributed by atoms with Crippen molar-refractivity contribution in [3.05, 3.63) is 34.9 Å². The summed E-state index contributed by atoms with van der Waals surface area (Å²) in [5.41, 5.74) is 3.40. The Labute approximate surface area is 118 Å². The van der Waals surface area contributed by atoms with Gasteiger partial charge in [-0.25, -0.2) is 0 Å². The third-order valence-electron chi connectivity index (χ3n) is 4.24. The zero-order chi connectivity index (χ0) is 14.8. The summed E-state index contributed by atoms with van der Waals surface area (Å²) in [4.78, 5) is 0. The molecule has 1 aromatic carbocycles. The lowest BCUT2D eigenvalue weighted by molar-refractivity contribution is -0.189. The van der Waals surface area contributed by atoms with Crippen LogP contribution in [0.1, 0.15) is 42.4 Å². The van der Waals surface area contributed by atoms with Crippen molar-refractivity contribution < 1.29 is 13.2 Å². The van der Waals surface area contributed by atoms with Gasteiger partial charge in [0.05, 0.1) is 5.92 Å². The molecular weight excluding hydrogens is 263 g/mol. The number of benzene rings is 1. The Kier molecular flexibility index (Phi) is 4.74. The molecule has 0 saturated heterocycles. The third kappa shape index (κ3) is 3.75. The summed E-state index contributed by atoms with van der Waals surface area (Å²) in [6.45, 7) is 4.54. The van der Waals surface area contributed by atoms with E-state index in [1.807, 2.05) is 26.0 Å². The standard InChI is InChI=1S/C16H22F3N/c1-11-7-8-13(12(2)9-11)10-20-15-6-4-3-5-14(15)16(17,18)19/h7-9,14-15,20H,3-6,10H2,1-2H3. The van der Waals surface area contributed by atoms with Gasteiger partial charge < -0.3 is 5.32 Å². The zero-order valence-electron chi connectivity index (χ0n) is 12.1. The highest BCUT2D eigenvalue weighted by Gasteiger charge is 2.45. The Morgan fingerprint density at radius 1 is 1.15 bits per heavy atom. The Morgan fingerprint density at radius 2 is 1.85 bits per heavy atom. The van der Waals surface area contributed by atoms with E-state index in [-0.39, 0.29) is 6.42 Å². The van der Waals surface area contributed by atoms with E-state index >= 15 is 0 Å². The molecule has 1 saturated carbocycles. The molecule has 0 spiro atoms. The van der Waals surface area contributed by atoms with Gasteiger partial charge in [0.1, 0.15) is 0 Å². The smallest absolute Gasteiger partial charge is 0.309 e. The minimum atomic E-state index is -4.08. The molecule has 0 aliphatic heterocycles. The maximum Gasteiger partial charge on any atom is 0.393 e. The summed E-state index contributed by atoms with van der Waals surface area (Å²) in [5.74, 6) is -1.19. The van der Waals surface area contributed by atoms with Gasteiger partial charge in [0.15, 0.2) is 0 Å². The largest absolute Gasteiger partial charge is 0.393 e. The second-order valence-electron chi connectivity index (χ2n) is 5.85. The quantitative estimate of drug-likeness (QED) is 0.861. The van der Waals surface area contributed by atoms with Gasteiger partial charge in [0, 0.05) is 12.6 Å². The van der Waals surface area contributed by atoms with Gasteiger partial charge in [-0.15, -0.1) is 0 Å². The molecule has 0 radical (unpaired) electrons. The first-order valence-corrected chi connectivity index (χ1v) is 7.24. The Balaban J connectivity index is 2.01. The molecule has 20 heavy (non-hydrogen) atoms. The molecule has 0 bridgehead atoms. The van der Waals surface area contributed by atoms with Gasteiger partial charge in [-0.3, -0.25) is 0 Å². The van der Waals surface area contributed by atoms with Gasteiger partial charge in [-0.2, -0.15) is 13.2 Å². The number of hydrogen-bond donors (Lipinski definition) is 1. The van der Waals surface area contributed by atoms with Gasteiger partial charge in [-0.1, -0.05) is 36.6 Å². The first-order valence-electron chi connectivity index (χ1n) is 7.24. The van der Waals surface area contributed by atoms with Gasteiger partial charge in [0.2, 0.25) is 0 Å². The first kappa shape index (κ1) is 15.4. The molecule has 1 fully saturated rings. The lowest BCUT2D eigenvalue weighted by atomic mass is 9.84. The van der Waals surface area contributed by atoms with E-state index < -0.39 is 18.1 Å². The number of aryl methyl sites for hydroxylation is 2. The van der Waals surface area contributed by atoms with E-state index in [9.17, 15) is 13.2 Å². The molecule has 0 aromatic heterocycles. The van der Waals surface area contributed by atoms with Gasteiger partial charge in [-0.05, 0) is 37.8 Å². The van der Waals surface area contributed by atoms with Crippen molar-refractivity contribution in [2.24, 2.45) is 5.92 Å². The van der Waals surface area contributed by atoms with Crippen LogP contribution in [0.4, 0.5) is 13.2 Å². The number of nitrogens with one attached hydrogen (secondary N) is 1. The molecule has 112 valence electrons. The molecule has 1 N–H and O–H groups in total. The molecule has 0 heterocycles. The minimum Gasteiger partial charge on any atom is -0.309 e. The fraction of sp³-hybridized carbons (Fsp3) is 0.625. The monoisotopic (exact) mass is 285 g/mol. The predicted molar refractivity (Wildman–Crippen MR) is 74.6 cm³/mol. The second-order valence-corrected chi connectivity index (χ2v) is 5.85. The molecule has 4 heteroatoms. The van der Waals surface area contributed by atoms with Crippen LogP contribution in [0.2, 0.25) is 0 Å². The Hall–Kier alpha value is -1.03. The van der Waals surface area contributed by atoms with Crippen molar-refractivity contribution in [2.45, 2.75) is 58.3 Å². The van der Waals surface area contributed by atoms with Crippen molar-refractivity contribution in [3.63, 3.8) is 0 Å². The van der Waals surface area contributed by atoms with E-state index in [4.69, 9.17) is 0 Å². The maximum atomic E-state index is 13.0. The summed E-state index contributed by atoms with van der Waals surface area (Å²) in [6.07, 6.45) is -1.63. The van der Waals surface area contributed by atoms with E-state index in [0.29, 0.717) is 19.4 Å². The average molecular weight is 285 g/mol. The maximum absolute atomic E-state index is 13.0. The highest BCUT2D eigenvalue weighted by Crippen LogP contribution is 2.37. The number of halogens is 3. The fourth-order valence-electron chi connectivity index (χ4n) is 3.05. The minimum absolute atomic E-state index is 0.258. The fourth-order valence-corrected chi connectivity index (χ4v) is 3.05. The van der Waals surface area contributed by atoms with Crippen LogP contribution >= 0.6 is 0 Å². The Bertz CT molecular complexity index is 454. The zero-order valence-corrected chi connectivity index (χ0v) is 12.1. The van der Waals surface area contributed by atoms with Crippen molar-refractivity contribution >= 4 is 0 Å². The molecule has 2 unspecified atom stereocenters. The van der Waals surface area contributed by atoms with Crippen LogP contribution in [0.15, 0.2) is 18.2 Å². The molecule has 2 rings (SSSR count). The number of hydrogen-bond acceptors (Lipinski definition) is 1. The van der Waals surface area contributed by atoms with Crippen molar-refractivity contribution in [2.75, 3.05) is 0 Å². The highest BCUT2D eigenvalue weighted by atomic mass is 19.4. The lowest BCUT2D eigenvalue weighted by Crippen LogP contribution is -2.45. The van der Waals surface area contributed by atoms with E-state index in [1.54, 1.807) is 0 Å². The summed E-state index contributed by atoms with van der Waals surface area (Å²) in [7, 11) is 0. The van der Waals surface area contributed by atoms with Crippen LogP contribution in [-0.2, 0) is 6.54 Å². The van der Waals surface area contributed by atoms with Crippen LogP contribution < -0.4 is 5.32 Å². The molecule has 1 aliphatic rings. The second kappa shape index (κ2) is 6.17. The van der Waals surface area contributed by atoms with Crippen molar-refractivity contribution in [1.82, 2.24) is 5.32 Å². The molecule has 2 atom stereocenters. The van der Waals surface area contributed by atoms with Crippen LogP contribution in [0, 0.1) is 19.8 Å². The molecule has 1 nitrogen and oxygen atoms in total. The summed E-state index contributed by atoms with van der Waals surface area (Å²) >= 11 is 0. The molecule has 0 amide bonds. The highest BCUT2D eigenvalue weighted by molar-refractivity contribution is 5.30. The normalized spacial score (nSPS) is 23.9. The van der Waals surface area contributed by atoms with Crippen LogP contribution in [0.3, 0.4) is 0 Å². The van der Waals surface area contributed by atoms with Crippen molar-refractivity contribution in [1.29, 1.82) is 0 Å². The topological polar surface area (TPSA) is 12.0 Å². The first-order chi connectivity index (χ1) is 9.38. The van der Waals surface area contributed by atoms with Crippen molar-refractivity contribution in [3.8, 4) is 0 Å². The summed E-state index contributed by atoms with van der Waals surface area (Å²) < 4.78 is 39.0. The van der Waals surface area contributed by atoms with Crippen LogP contribution in [0.25, 0.3) is 0 Å². The van der Waals surface area contributed by atoms with Gasteiger partial charge >= 0.3 is 6.18 Å². The average Bonchev–Trinajstić information content (AvgIpc) is 2.37. The van der Waals surface area contributed by atoms with Crippen LogP contribution in [-0.4, -0.2) is 12.2 Å². The van der Waals surface area contributed by atoms with Gasteiger partial charge in [0.25, 0.3) is 0 Å². The van der Waals surface area contributed by atoms with E-state index in [0.717, 1.165) is 17.5 Å². The Morgan fingerprint density at radius 3 is 2.50 bits per heavy atom. The SMILES string of the molecule is Cc1ccc(CNC2CCCCC2C(F)(F)F)c(C)c1. The molecular formula is C16H22F3N. The number of alkyl halides is 3. The van der Waals surface area contributed by atoms with E-state index in [2.05, 4.69) is 11.4 Å². The third-order valence-corrected chi connectivity index (χ3v) is 4.24. The summed E-state index contributed by atoms with van der Waals surface area (Å²) in [5, 5.41) is 3.13.